The van der Waals surface area contributed by atoms with Crippen LogP contribution in [0.15, 0.2) is 24.3 Å². The number of primary amides is 3. The van der Waals surface area contributed by atoms with Crippen LogP contribution >= 0.6 is 11.8 Å². The highest BCUT2D eigenvalue weighted by Gasteiger charge is 2.40. The number of amides is 11. The van der Waals surface area contributed by atoms with Crippen LogP contribution < -0.4 is 59.2 Å². The maximum Gasteiger partial charge on any atom is 0.246 e. The van der Waals surface area contributed by atoms with Gasteiger partial charge in [0.05, 0.1) is 20.1 Å². The Morgan fingerprint density at radius 1 is 0.812 bits per heavy atom. The molecule has 0 saturated carbocycles. The predicted molar refractivity (Wildman–Crippen MR) is 253 cm³/mol. The van der Waals surface area contributed by atoms with Crippen molar-refractivity contribution in [2.24, 2.45) is 29.0 Å². The Labute approximate surface area is 405 Å². The molecule has 0 bridgehead atoms. The van der Waals surface area contributed by atoms with E-state index in [1.54, 1.807) is 38.1 Å². The van der Waals surface area contributed by atoms with Gasteiger partial charge in [0.25, 0.3) is 0 Å². The molecule has 69 heavy (non-hydrogen) atoms. The molecule has 382 valence electrons. The van der Waals surface area contributed by atoms with Crippen molar-refractivity contribution in [2.45, 2.75) is 134 Å². The van der Waals surface area contributed by atoms with Crippen molar-refractivity contribution >= 4 is 76.7 Å². The Morgan fingerprint density at radius 3 is 2.07 bits per heavy atom. The van der Waals surface area contributed by atoms with Gasteiger partial charge in [0.15, 0.2) is 0 Å². The number of hydrogen-bond acceptors (Lipinski definition) is 13. The lowest BCUT2D eigenvalue weighted by Crippen LogP contribution is -2.61. The summed E-state index contributed by atoms with van der Waals surface area (Å²) >= 11 is 1.18. The van der Waals surface area contributed by atoms with Gasteiger partial charge in [-0.3, -0.25) is 52.7 Å². The van der Waals surface area contributed by atoms with Crippen molar-refractivity contribution in [3.63, 3.8) is 0 Å². The second-order valence-electron chi connectivity index (χ2n) is 17.6. The standard InChI is InChI=1S/C45H69N11O12S/c1-6-25(4)38-44(66)51-28(15-16-34(46)57)40(62)52-31(21-35(47)58)41(63)54-32(23-69-18-8-10-37(60)50-30(42(64)55-38)20-26-11-13-27(68-5)14-12-26)45(67)56-17-7-9-33(56)43(65)53-29(19-24(2)3)39(61)49-22-36(48)59/h11-14,24-25,28-33,38H,6-10,15-23H2,1-5H3,(H2,46,57)(H2,47,58)(H2,48,59)(H,49,61)(H,50,60)(H,51,66)(H,52,62)(H,53,65)(H,54,63)(H,55,64)/t25?,28-,29?,30-,31-,32-,33-,38-/m0/s1. The number of carbonyl (C=O) groups is 11. The Hall–Kier alpha value is -6.46. The number of benzene rings is 1. The van der Waals surface area contributed by atoms with Crippen LogP contribution in [0.1, 0.15) is 91.0 Å². The number of rotatable bonds is 18. The summed E-state index contributed by atoms with van der Waals surface area (Å²) in [5, 5.41) is 18.2. The number of likely N-dealkylation sites (tertiary alicyclic amines) is 1. The molecule has 0 aliphatic carbocycles. The number of nitrogens with two attached hydrogens (primary N) is 3. The van der Waals surface area contributed by atoms with Crippen molar-refractivity contribution in [3.8, 4) is 5.75 Å². The molecule has 2 fully saturated rings. The van der Waals surface area contributed by atoms with Crippen LogP contribution in [-0.4, -0.2) is 144 Å². The molecule has 23 nitrogen and oxygen atoms in total. The molecule has 0 spiro atoms. The molecule has 0 aromatic heterocycles. The fourth-order valence-corrected chi connectivity index (χ4v) is 8.66. The van der Waals surface area contributed by atoms with E-state index in [0.29, 0.717) is 24.2 Å². The average molecular weight is 988 g/mol. The van der Waals surface area contributed by atoms with E-state index in [9.17, 15) is 52.7 Å². The Morgan fingerprint density at radius 2 is 1.46 bits per heavy atom. The second-order valence-corrected chi connectivity index (χ2v) is 18.8. The molecule has 24 heteroatoms. The van der Waals surface area contributed by atoms with Gasteiger partial charge in [0.1, 0.15) is 48.0 Å². The fraction of sp³-hybridized carbons (Fsp3) is 0.622. The van der Waals surface area contributed by atoms with E-state index in [4.69, 9.17) is 21.9 Å². The van der Waals surface area contributed by atoms with E-state index in [-0.39, 0.29) is 62.5 Å². The van der Waals surface area contributed by atoms with Crippen LogP contribution in [-0.2, 0) is 59.2 Å². The zero-order chi connectivity index (χ0) is 51.4. The van der Waals surface area contributed by atoms with Crippen LogP contribution in [0, 0.1) is 11.8 Å². The van der Waals surface area contributed by atoms with Gasteiger partial charge in [-0.25, -0.2) is 0 Å². The summed E-state index contributed by atoms with van der Waals surface area (Å²) in [4.78, 5) is 148. The SMILES string of the molecule is CCC(C)[C@@H]1NC(=O)[C@H](Cc2ccc(OC)cc2)NC(=O)CCCSC[C@@H](C(=O)N2CCC[C@H]2C(=O)NC(CC(C)C)C(=O)NCC(N)=O)NC(=O)[C@H](CC(N)=O)NC(=O)[C@H](CCC(N)=O)NC1=O. The van der Waals surface area contributed by atoms with E-state index in [1.807, 2.05) is 13.8 Å². The number of nitrogens with zero attached hydrogens (tertiary/aromatic N) is 1. The number of ether oxygens (including phenoxy) is 1. The van der Waals surface area contributed by atoms with Gasteiger partial charge in [-0.2, -0.15) is 11.8 Å². The largest absolute Gasteiger partial charge is 0.497 e. The molecule has 2 heterocycles. The molecule has 11 amide bonds. The first-order chi connectivity index (χ1) is 32.6. The molecule has 2 aliphatic rings. The molecule has 0 radical (unpaired) electrons. The minimum absolute atomic E-state index is 0.0237. The molecule has 3 rings (SSSR count). The summed E-state index contributed by atoms with van der Waals surface area (Å²) < 4.78 is 5.25. The fourth-order valence-electron chi connectivity index (χ4n) is 7.68. The summed E-state index contributed by atoms with van der Waals surface area (Å²) in [5.41, 5.74) is 16.8. The number of methoxy groups -OCH3 is 1. The van der Waals surface area contributed by atoms with Crippen LogP contribution in [0.5, 0.6) is 5.75 Å². The van der Waals surface area contributed by atoms with Gasteiger partial charge in [-0.15, -0.1) is 0 Å². The maximum absolute atomic E-state index is 14.5. The zero-order valence-corrected chi connectivity index (χ0v) is 40.7. The second kappa shape index (κ2) is 28.1. The Balaban J connectivity index is 2.02. The molecule has 1 aromatic carbocycles. The first kappa shape index (κ1) is 56.9. The quantitative estimate of drug-likeness (QED) is 0.0728. The number of nitrogens with one attached hydrogen (secondary N) is 7. The number of thioether (sulfide) groups is 1. The highest BCUT2D eigenvalue weighted by atomic mass is 32.2. The molecule has 1 aromatic rings. The molecule has 8 atom stereocenters. The third-order valence-corrected chi connectivity index (χ3v) is 12.7. The molecule has 13 N–H and O–H groups in total. The van der Waals surface area contributed by atoms with Crippen molar-refractivity contribution in [1.29, 1.82) is 0 Å². The van der Waals surface area contributed by atoms with Gasteiger partial charge in [-0.05, 0) is 67.4 Å². The molecular weight excluding hydrogens is 919 g/mol. The number of hydrogen-bond donors (Lipinski definition) is 10. The molecule has 2 aliphatic heterocycles. The molecule has 2 unspecified atom stereocenters. The third kappa shape index (κ3) is 18.9. The van der Waals surface area contributed by atoms with Crippen LogP contribution in [0.25, 0.3) is 0 Å². The van der Waals surface area contributed by atoms with Gasteiger partial charge in [-0.1, -0.05) is 46.2 Å². The highest BCUT2D eigenvalue weighted by molar-refractivity contribution is 7.99. The first-order valence-electron chi connectivity index (χ1n) is 23.1. The van der Waals surface area contributed by atoms with E-state index in [0.717, 1.165) is 0 Å². The molecule has 2 saturated heterocycles. The van der Waals surface area contributed by atoms with E-state index in [2.05, 4.69) is 37.2 Å². The lowest BCUT2D eigenvalue weighted by molar-refractivity contribution is -0.142. The lowest BCUT2D eigenvalue weighted by atomic mass is 9.96. The smallest absolute Gasteiger partial charge is 0.246 e. The zero-order valence-electron chi connectivity index (χ0n) is 39.9. The Bertz CT molecular complexity index is 2020. The molecular formula is C45H69N11O12S. The predicted octanol–water partition coefficient (Wildman–Crippen LogP) is -2.50. The lowest BCUT2D eigenvalue weighted by Gasteiger charge is -2.31. The topological polar surface area (TPSA) is 363 Å². The van der Waals surface area contributed by atoms with E-state index >= 15 is 0 Å². The average Bonchev–Trinajstić information content (AvgIpc) is 3.79. The maximum atomic E-state index is 14.5. The summed E-state index contributed by atoms with van der Waals surface area (Å²) in [6, 6.07) is -2.40. The van der Waals surface area contributed by atoms with E-state index in [1.165, 1.54) is 23.8 Å². The highest BCUT2D eigenvalue weighted by Crippen LogP contribution is 2.22. The van der Waals surface area contributed by atoms with Crippen molar-refractivity contribution in [3.05, 3.63) is 29.8 Å². The Kier molecular flexibility index (Phi) is 23.2. The third-order valence-electron chi connectivity index (χ3n) is 11.6. The van der Waals surface area contributed by atoms with Crippen molar-refractivity contribution in [2.75, 3.05) is 31.7 Å². The van der Waals surface area contributed by atoms with Gasteiger partial charge in [0, 0.05) is 31.6 Å². The van der Waals surface area contributed by atoms with Gasteiger partial charge >= 0.3 is 0 Å². The first-order valence-corrected chi connectivity index (χ1v) is 24.2. The monoisotopic (exact) mass is 987 g/mol. The number of carbonyl (C=O) groups excluding carboxylic acids is 11. The van der Waals surface area contributed by atoms with E-state index < -0.39 is 133 Å². The summed E-state index contributed by atoms with van der Waals surface area (Å²) in [7, 11) is 1.50. The summed E-state index contributed by atoms with van der Waals surface area (Å²) in [6.07, 6.45) is -0.176. The van der Waals surface area contributed by atoms with Crippen LogP contribution in [0.3, 0.4) is 0 Å². The van der Waals surface area contributed by atoms with Crippen molar-refractivity contribution < 1.29 is 57.5 Å². The van der Waals surface area contributed by atoms with Crippen LogP contribution in [0.2, 0.25) is 0 Å². The normalized spacial score (nSPS) is 23.2. The van der Waals surface area contributed by atoms with Crippen LogP contribution in [0.4, 0.5) is 0 Å². The minimum atomic E-state index is -1.71. The van der Waals surface area contributed by atoms with Crippen molar-refractivity contribution in [1.82, 2.24) is 42.1 Å². The summed E-state index contributed by atoms with van der Waals surface area (Å²) in [6.45, 7) is 6.75. The summed E-state index contributed by atoms with van der Waals surface area (Å²) in [5.74, 6) is -8.59. The minimum Gasteiger partial charge on any atom is -0.497 e. The van der Waals surface area contributed by atoms with Gasteiger partial charge in [0.2, 0.25) is 65.0 Å². The van der Waals surface area contributed by atoms with Gasteiger partial charge < -0.3 is 64.1 Å².